The average molecular weight is 550 g/mol. The Bertz CT molecular complexity index is 1220. The number of aliphatic hydroxyl groups excluding tert-OH is 2. The molecule has 0 aliphatic carbocycles. The van der Waals surface area contributed by atoms with Crippen molar-refractivity contribution in [3.8, 4) is 5.69 Å². The quantitative estimate of drug-likeness (QED) is 0.282. The number of likely N-dealkylation sites (N-methyl/N-ethyl adjacent to an activating group) is 1. The second kappa shape index (κ2) is 15.3. The summed E-state index contributed by atoms with van der Waals surface area (Å²) in [6, 6.07) is 15.7. The number of hydrogen-bond donors (Lipinski definition) is 3. The molecule has 8 nitrogen and oxygen atoms in total. The van der Waals surface area contributed by atoms with Gasteiger partial charge in [-0.1, -0.05) is 44.2 Å². The number of carbonyl (C=O) groups is 2. The Balaban J connectivity index is 0.00000533. The van der Waals surface area contributed by atoms with Crippen LogP contribution in [0.2, 0.25) is 0 Å². The molecule has 1 heterocycles. The summed E-state index contributed by atoms with van der Waals surface area (Å²) >= 11 is 0. The van der Waals surface area contributed by atoms with E-state index in [2.05, 4.69) is 5.10 Å². The second-order valence-corrected chi connectivity index (χ2v) is 9.89. The van der Waals surface area contributed by atoms with Crippen molar-refractivity contribution in [2.45, 2.75) is 64.1 Å². The standard InChI is InChI=1S/C29H36FN3O5.Na.H/c1-19(2)27-25(14-13-23(34)17-24(35)18-26(36)37)33(22-11-9-21(30)10-12-22)31-28(27)29(38)32(3)16-15-20-7-5-4-6-8-20;;/h4-12,19,23-24,34-35H,13-18H2,1-3H3,(H,36,37);;/t23-,24-;;/m1../s1. The van der Waals surface area contributed by atoms with E-state index in [9.17, 15) is 24.2 Å². The van der Waals surface area contributed by atoms with Crippen LogP contribution in [0, 0.1) is 5.82 Å². The summed E-state index contributed by atoms with van der Waals surface area (Å²) in [6.45, 7) is 4.42. The molecule has 0 bridgehead atoms. The van der Waals surface area contributed by atoms with E-state index in [0.717, 1.165) is 11.1 Å². The molecular formula is C29H37FN3NaO5. The van der Waals surface area contributed by atoms with Gasteiger partial charge < -0.3 is 20.2 Å². The Kier molecular flexibility index (Phi) is 12.8. The van der Waals surface area contributed by atoms with Gasteiger partial charge in [-0.05, 0) is 61.4 Å². The number of rotatable bonds is 13. The van der Waals surface area contributed by atoms with E-state index in [-0.39, 0.29) is 54.2 Å². The monoisotopic (exact) mass is 549 g/mol. The van der Waals surface area contributed by atoms with Crippen LogP contribution >= 0.6 is 0 Å². The van der Waals surface area contributed by atoms with Crippen LogP contribution in [0.5, 0.6) is 0 Å². The van der Waals surface area contributed by atoms with E-state index >= 15 is 0 Å². The molecule has 0 aliphatic rings. The van der Waals surface area contributed by atoms with Crippen LogP contribution in [0.3, 0.4) is 0 Å². The van der Waals surface area contributed by atoms with E-state index in [1.807, 2.05) is 44.2 Å². The summed E-state index contributed by atoms with van der Waals surface area (Å²) in [5.74, 6) is -1.84. The predicted octanol–water partition coefficient (Wildman–Crippen LogP) is 3.32. The van der Waals surface area contributed by atoms with Crippen molar-refractivity contribution < 1.29 is 29.3 Å². The molecule has 0 saturated heterocycles. The van der Waals surface area contributed by atoms with E-state index in [1.165, 1.54) is 12.1 Å². The number of aromatic nitrogens is 2. The zero-order chi connectivity index (χ0) is 27.8. The number of carboxylic acids is 1. The molecule has 0 aliphatic heterocycles. The minimum atomic E-state index is -1.16. The van der Waals surface area contributed by atoms with Crippen molar-refractivity contribution in [3.05, 3.63) is 82.9 Å². The molecule has 0 saturated carbocycles. The fraction of sp³-hybridized carbons (Fsp3) is 0.414. The van der Waals surface area contributed by atoms with Crippen molar-refractivity contribution in [3.63, 3.8) is 0 Å². The molecule has 0 spiro atoms. The molecule has 0 fully saturated rings. The normalized spacial score (nSPS) is 12.6. The van der Waals surface area contributed by atoms with Gasteiger partial charge in [0.25, 0.3) is 5.91 Å². The van der Waals surface area contributed by atoms with Crippen LogP contribution in [0.25, 0.3) is 5.69 Å². The van der Waals surface area contributed by atoms with Crippen molar-refractivity contribution in [2.75, 3.05) is 13.6 Å². The third-order valence-electron chi connectivity index (χ3n) is 6.47. The van der Waals surface area contributed by atoms with Gasteiger partial charge in [-0.25, -0.2) is 9.07 Å². The molecule has 10 heteroatoms. The van der Waals surface area contributed by atoms with Crippen molar-refractivity contribution >= 4 is 41.4 Å². The van der Waals surface area contributed by atoms with E-state index < -0.39 is 30.4 Å². The van der Waals surface area contributed by atoms with Gasteiger partial charge in [0.15, 0.2) is 5.69 Å². The molecule has 1 aromatic heterocycles. The molecule has 39 heavy (non-hydrogen) atoms. The first-order chi connectivity index (χ1) is 18.1. The summed E-state index contributed by atoms with van der Waals surface area (Å²) < 4.78 is 15.3. The van der Waals surface area contributed by atoms with Crippen molar-refractivity contribution in [2.24, 2.45) is 0 Å². The fourth-order valence-corrected chi connectivity index (χ4v) is 4.51. The molecule has 3 rings (SSSR count). The number of benzene rings is 2. The van der Waals surface area contributed by atoms with Gasteiger partial charge in [-0.15, -0.1) is 0 Å². The van der Waals surface area contributed by atoms with Crippen LogP contribution in [0.1, 0.15) is 66.3 Å². The van der Waals surface area contributed by atoms with E-state index in [1.54, 1.807) is 28.8 Å². The summed E-state index contributed by atoms with van der Waals surface area (Å²) in [5, 5.41) is 34.0. The summed E-state index contributed by atoms with van der Waals surface area (Å²) in [5.41, 5.74) is 3.44. The maximum atomic E-state index is 13.7. The first-order valence-electron chi connectivity index (χ1n) is 12.8. The van der Waals surface area contributed by atoms with Crippen LogP contribution in [-0.4, -0.2) is 97.2 Å². The summed E-state index contributed by atoms with van der Waals surface area (Å²) in [6.07, 6.45) is -1.41. The summed E-state index contributed by atoms with van der Waals surface area (Å²) in [4.78, 5) is 26.1. The minimum absolute atomic E-state index is 0. The molecular weight excluding hydrogens is 512 g/mol. The van der Waals surface area contributed by atoms with Crippen LogP contribution in [-0.2, 0) is 17.6 Å². The molecule has 3 aromatic rings. The van der Waals surface area contributed by atoms with Gasteiger partial charge >= 0.3 is 35.5 Å². The second-order valence-electron chi connectivity index (χ2n) is 9.89. The van der Waals surface area contributed by atoms with Gasteiger partial charge in [0.05, 0.1) is 24.3 Å². The maximum absolute atomic E-state index is 13.7. The molecule has 206 valence electrons. The molecule has 1 amide bonds. The number of amides is 1. The molecule has 3 N–H and O–H groups in total. The third kappa shape index (κ3) is 9.25. The Morgan fingerprint density at radius 1 is 1.00 bits per heavy atom. The fourth-order valence-electron chi connectivity index (χ4n) is 4.51. The van der Waals surface area contributed by atoms with Crippen molar-refractivity contribution in [1.82, 2.24) is 14.7 Å². The van der Waals surface area contributed by atoms with Gasteiger partial charge in [-0.3, -0.25) is 9.59 Å². The number of nitrogens with zero attached hydrogens (tertiary/aromatic N) is 3. The van der Waals surface area contributed by atoms with Gasteiger partial charge in [0, 0.05) is 24.8 Å². The Morgan fingerprint density at radius 3 is 2.23 bits per heavy atom. The molecule has 2 atom stereocenters. The van der Waals surface area contributed by atoms with Crippen LogP contribution in [0.4, 0.5) is 4.39 Å². The predicted molar refractivity (Wildman–Crippen MR) is 149 cm³/mol. The zero-order valence-corrected chi connectivity index (χ0v) is 22.0. The average Bonchev–Trinajstić information content (AvgIpc) is 3.26. The SMILES string of the molecule is CC(C)c1c(C(=O)N(C)CCc2ccccc2)nn(-c2ccc(F)cc2)c1CC[C@@H](O)C[C@@H](O)CC(=O)O.[NaH]. The number of carboxylic acid groups (broad SMARTS) is 1. The Labute approximate surface area is 250 Å². The van der Waals surface area contributed by atoms with Gasteiger partial charge in [-0.2, -0.15) is 5.10 Å². The number of carbonyl (C=O) groups excluding carboxylic acids is 1. The molecule has 0 unspecified atom stereocenters. The molecule has 0 radical (unpaired) electrons. The van der Waals surface area contributed by atoms with Crippen LogP contribution in [0.15, 0.2) is 54.6 Å². The van der Waals surface area contributed by atoms with Crippen LogP contribution < -0.4 is 0 Å². The topological polar surface area (TPSA) is 116 Å². The number of aliphatic hydroxyl groups is 2. The first-order valence-corrected chi connectivity index (χ1v) is 12.8. The summed E-state index contributed by atoms with van der Waals surface area (Å²) in [7, 11) is 1.74. The number of halogens is 1. The van der Waals surface area contributed by atoms with Gasteiger partial charge in [0.2, 0.25) is 0 Å². The Hall–Kier alpha value is -2.56. The first kappa shape index (κ1) is 32.7. The number of aliphatic carboxylic acids is 1. The Morgan fingerprint density at radius 2 is 1.64 bits per heavy atom. The zero-order valence-electron chi connectivity index (χ0n) is 22.0. The van der Waals surface area contributed by atoms with E-state index in [4.69, 9.17) is 5.11 Å². The molecule has 2 aromatic carbocycles. The number of hydrogen-bond acceptors (Lipinski definition) is 5. The van der Waals surface area contributed by atoms with Gasteiger partial charge in [0.1, 0.15) is 5.82 Å². The van der Waals surface area contributed by atoms with Crippen molar-refractivity contribution in [1.29, 1.82) is 0 Å². The van der Waals surface area contributed by atoms with E-state index in [0.29, 0.717) is 36.5 Å². The third-order valence-corrected chi connectivity index (χ3v) is 6.47.